The molecule has 1 amide bonds. The Hall–Kier alpha value is -2.51. The molecular weight excluding hydrogens is 372 g/mol. The summed E-state index contributed by atoms with van der Waals surface area (Å²) in [4.78, 5) is 17.3. The molecule has 0 radical (unpaired) electrons. The summed E-state index contributed by atoms with van der Waals surface area (Å²) in [6.45, 7) is 6.56. The maximum Gasteiger partial charge on any atom is 0.226 e. The van der Waals surface area contributed by atoms with Gasteiger partial charge in [-0.3, -0.25) is 4.79 Å². The number of aromatic nitrogens is 3. The van der Waals surface area contributed by atoms with E-state index in [1.54, 1.807) is 17.5 Å². The van der Waals surface area contributed by atoms with Crippen LogP contribution < -0.4 is 5.32 Å². The number of aryl methyl sites for hydroxylation is 1. The van der Waals surface area contributed by atoms with Gasteiger partial charge in [-0.25, -0.2) is 9.67 Å². The number of nitrogens with one attached hydrogen (secondary N) is 1. The van der Waals surface area contributed by atoms with Gasteiger partial charge in [0.25, 0.3) is 0 Å². The lowest BCUT2D eigenvalue weighted by atomic mass is 9.93. The lowest BCUT2D eigenvalue weighted by molar-refractivity contribution is -0.127. The van der Waals surface area contributed by atoms with Crippen molar-refractivity contribution in [3.05, 3.63) is 63.9 Å². The molecule has 2 aromatic heterocycles. The van der Waals surface area contributed by atoms with Crippen molar-refractivity contribution >= 4 is 17.2 Å². The van der Waals surface area contributed by atoms with Gasteiger partial charge >= 0.3 is 0 Å². The molecule has 1 N–H and O–H groups in total. The monoisotopic (exact) mass is 396 g/mol. The van der Waals surface area contributed by atoms with Crippen molar-refractivity contribution in [2.24, 2.45) is 5.92 Å². The number of para-hydroxylation sites is 1. The third-order valence-corrected chi connectivity index (χ3v) is 6.20. The fourth-order valence-electron chi connectivity index (χ4n) is 3.86. The molecule has 3 aromatic rings. The highest BCUT2D eigenvalue weighted by atomic mass is 32.1. The van der Waals surface area contributed by atoms with Crippen LogP contribution in [0.3, 0.4) is 0 Å². The summed E-state index contributed by atoms with van der Waals surface area (Å²) < 4.78 is 7.96. The summed E-state index contributed by atoms with van der Waals surface area (Å²) in [6.07, 6.45) is 2.19. The molecule has 7 heteroatoms. The number of hydrogen-bond acceptors (Lipinski definition) is 5. The van der Waals surface area contributed by atoms with Crippen LogP contribution in [-0.2, 0) is 9.53 Å². The molecule has 6 nitrogen and oxygen atoms in total. The molecule has 0 bridgehead atoms. The van der Waals surface area contributed by atoms with Crippen LogP contribution in [0.2, 0.25) is 0 Å². The number of amides is 1. The Morgan fingerprint density at radius 1 is 1.32 bits per heavy atom. The molecule has 1 saturated heterocycles. The molecule has 3 heterocycles. The number of rotatable bonds is 5. The van der Waals surface area contributed by atoms with Crippen LogP contribution in [0.5, 0.6) is 0 Å². The summed E-state index contributed by atoms with van der Waals surface area (Å²) in [5, 5.41) is 10.7. The van der Waals surface area contributed by atoms with Gasteiger partial charge in [0.15, 0.2) is 0 Å². The molecule has 0 saturated carbocycles. The average Bonchev–Trinajstić information content (AvgIpc) is 3.43. The summed E-state index contributed by atoms with van der Waals surface area (Å²) in [7, 11) is 0. The van der Waals surface area contributed by atoms with Gasteiger partial charge in [0.1, 0.15) is 5.01 Å². The van der Waals surface area contributed by atoms with Gasteiger partial charge in [-0.2, -0.15) is 5.10 Å². The second-order valence-corrected chi connectivity index (χ2v) is 8.05. The van der Waals surface area contributed by atoms with E-state index in [-0.39, 0.29) is 24.0 Å². The van der Waals surface area contributed by atoms with E-state index in [0.717, 1.165) is 27.6 Å². The number of carbonyl (C=O) groups excluding carboxylic acids is 1. The fourth-order valence-corrected chi connectivity index (χ4v) is 4.51. The van der Waals surface area contributed by atoms with E-state index >= 15 is 0 Å². The molecule has 28 heavy (non-hydrogen) atoms. The minimum absolute atomic E-state index is 0.0106. The lowest BCUT2D eigenvalue weighted by Crippen LogP contribution is -2.34. The second-order valence-electron chi connectivity index (χ2n) is 7.12. The van der Waals surface area contributed by atoms with Crippen LogP contribution in [0, 0.1) is 19.8 Å². The van der Waals surface area contributed by atoms with E-state index in [0.29, 0.717) is 13.0 Å². The second kappa shape index (κ2) is 7.85. The maximum atomic E-state index is 13.0. The van der Waals surface area contributed by atoms with E-state index in [1.165, 1.54) is 0 Å². The van der Waals surface area contributed by atoms with Crippen molar-refractivity contribution in [3.8, 4) is 5.69 Å². The lowest BCUT2D eigenvalue weighted by Gasteiger charge is -2.21. The number of thiazole rings is 1. The number of ether oxygens (including phenoxy) is 1. The Bertz CT molecular complexity index is 952. The first-order valence-corrected chi connectivity index (χ1v) is 10.4. The molecule has 1 aliphatic heterocycles. The van der Waals surface area contributed by atoms with Crippen molar-refractivity contribution < 1.29 is 9.53 Å². The SMILES string of the molecule is Cc1nn(-c2ccccc2)c(C)c1[C@H]1OCC[C@@H]1C(=O)N[C@H](C)c1nccs1. The summed E-state index contributed by atoms with van der Waals surface area (Å²) >= 11 is 1.55. The van der Waals surface area contributed by atoms with Gasteiger partial charge in [0.2, 0.25) is 5.91 Å². The summed E-state index contributed by atoms with van der Waals surface area (Å²) in [5.74, 6) is -0.218. The van der Waals surface area contributed by atoms with Crippen LogP contribution in [0.15, 0.2) is 41.9 Å². The Labute approximate surface area is 168 Å². The highest BCUT2D eigenvalue weighted by Gasteiger charge is 2.39. The molecule has 3 atom stereocenters. The quantitative estimate of drug-likeness (QED) is 0.710. The number of carbonyl (C=O) groups is 1. The Balaban J connectivity index is 1.58. The minimum Gasteiger partial charge on any atom is -0.373 e. The van der Waals surface area contributed by atoms with Gasteiger partial charge in [0, 0.05) is 29.4 Å². The third kappa shape index (κ3) is 3.47. The zero-order valence-corrected chi connectivity index (χ0v) is 17.1. The van der Waals surface area contributed by atoms with Crippen molar-refractivity contribution in [1.29, 1.82) is 0 Å². The van der Waals surface area contributed by atoms with Gasteiger partial charge in [-0.15, -0.1) is 11.3 Å². The Kier molecular flexibility index (Phi) is 5.28. The van der Waals surface area contributed by atoms with Crippen LogP contribution in [-0.4, -0.2) is 27.3 Å². The van der Waals surface area contributed by atoms with Crippen molar-refractivity contribution in [2.75, 3.05) is 6.61 Å². The van der Waals surface area contributed by atoms with E-state index < -0.39 is 0 Å². The van der Waals surface area contributed by atoms with Gasteiger partial charge in [-0.1, -0.05) is 18.2 Å². The fraction of sp³-hybridized carbons (Fsp3) is 0.381. The maximum absolute atomic E-state index is 13.0. The predicted molar refractivity (Wildman–Crippen MR) is 109 cm³/mol. The van der Waals surface area contributed by atoms with Gasteiger partial charge in [-0.05, 0) is 39.3 Å². The van der Waals surface area contributed by atoms with Gasteiger partial charge < -0.3 is 10.1 Å². The normalized spacial score (nSPS) is 20.2. The molecule has 146 valence electrons. The van der Waals surface area contributed by atoms with Gasteiger partial charge in [0.05, 0.1) is 29.4 Å². The molecular formula is C21H24N4O2S. The molecule has 1 aromatic carbocycles. The smallest absolute Gasteiger partial charge is 0.226 e. The molecule has 1 fully saturated rings. The van der Waals surface area contributed by atoms with Crippen molar-refractivity contribution in [1.82, 2.24) is 20.1 Å². The topological polar surface area (TPSA) is 69.0 Å². The average molecular weight is 397 g/mol. The van der Waals surface area contributed by atoms with Crippen LogP contribution in [0.4, 0.5) is 0 Å². The van der Waals surface area contributed by atoms with E-state index in [1.807, 2.05) is 61.2 Å². The number of nitrogens with zero attached hydrogens (tertiary/aromatic N) is 3. The molecule has 0 spiro atoms. The first-order valence-electron chi connectivity index (χ1n) is 9.49. The zero-order chi connectivity index (χ0) is 19.7. The van der Waals surface area contributed by atoms with Crippen LogP contribution in [0.25, 0.3) is 5.69 Å². The highest BCUT2D eigenvalue weighted by molar-refractivity contribution is 7.09. The third-order valence-electron chi connectivity index (χ3n) is 5.24. The Morgan fingerprint density at radius 2 is 2.11 bits per heavy atom. The number of hydrogen-bond donors (Lipinski definition) is 1. The minimum atomic E-state index is -0.277. The summed E-state index contributed by atoms with van der Waals surface area (Å²) in [5.41, 5.74) is 3.94. The molecule has 0 aliphatic carbocycles. The largest absolute Gasteiger partial charge is 0.373 e. The van der Waals surface area contributed by atoms with Crippen LogP contribution >= 0.6 is 11.3 Å². The van der Waals surface area contributed by atoms with E-state index in [4.69, 9.17) is 9.84 Å². The Morgan fingerprint density at radius 3 is 2.82 bits per heavy atom. The van der Waals surface area contributed by atoms with E-state index in [2.05, 4.69) is 10.3 Å². The van der Waals surface area contributed by atoms with Crippen molar-refractivity contribution in [2.45, 2.75) is 39.3 Å². The van der Waals surface area contributed by atoms with Crippen LogP contribution in [0.1, 0.15) is 47.4 Å². The first-order chi connectivity index (χ1) is 13.6. The summed E-state index contributed by atoms with van der Waals surface area (Å²) in [6, 6.07) is 9.92. The zero-order valence-electron chi connectivity index (χ0n) is 16.3. The van der Waals surface area contributed by atoms with Crippen molar-refractivity contribution in [3.63, 3.8) is 0 Å². The molecule has 4 rings (SSSR count). The molecule has 0 unspecified atom stereocenters. The molecule has 1 aliphatic rings. The first kappa shape index (κ1) is 18.8. The van der Waals surface area contributed by atoms with E-state index in [9.17, 15) is 4.79 Å². The highest BCUT2D eigenvalue weighted by Crippen LogP contribution is 2.38. The number of benzene rings is 1. The standard InChI is InChI=1S/C21H24N4O2S/c1-13-18(15(3)25(24-13)16-7-5-4-6-8-16)19-17(9-11-27-19)20(26)23-14(2)21-22-10-12-28-21/h4-8,10,12,14,17,19H,9,11H2,1-3H3,(H,23,26)/t14-,17+,19+/m1/s1. The predicted octanol–water partition coefficient (Wildman–Crippen LogP) is 3.90.